The monoisotopic (exact) mass is 300 g/mol. The second-order valence-electron chi connectivity index (χ2n) is 3.58. The molecule has 19 heavy (non-hydrogen) atoms. The van der Waals surface area contributed by atoms with Gasteiger partial charge < -0.3 is 0 Å². The van der Waals surface area contributed by atoms with Gasteiger partial charge in [0.1, 0.15) is 0 Å². The fourth-order valence-corrected chi connectivity index (χ4v) is 3.07. The molecule has 0 bridgehead atoms. The molecule has 2 heterocycles. The highest BCUT2D eigenvalue weighted by Gasteiger charge is 2.23. The molecule has 0 saturated heterocycles. The molecule has 5 nitrogen and oxygen atoms in total. The minimum Gasteiger partial charge on any atom is -0.274 e. The van der Waals surface area contributed by atoms with Crippen LogP contribution in [0.25, 0.3) is 0 Å². The quantitative estimate of drug-likeness (QED) is 0.924. The largest absolute Gasteiger partial charge is 0.284 e. The minimum atomic E-state index is -4.27. The van der Waals surface area contributed by atoms with E-state index in [4.69, 9.17) is 0 Å². The first kappa shape index (κ1) is 13.6. The number of nitrogens with one attached hydrogen (secondary N) is 1. The lowest BCUT2D eigenvalue weighted by Gasteiger charge is -2.05. The van der Waals surface area contributed by atoms with E-state index < -0.39 is 26.8 Å². The van der Waals surface area contributed by atoms with E-state index >= 15 is 0 Å². The molecule has 1 N–H and O–H groups in total. The SMILES string of the molecule is O=C(Cc1cccs1)NS(=O)(=O)c1ncccc1F. The number of carbonyl (C=O) groups is 1. The summed E-state index contributed by atoms with van der Waals surface area (Å²) in [6, 6.07) is 5.69. The van der Waals surface area contributed by atoms with Gasteiger partial charge >= 0.3 is 0 Å². The van der Waals surface area contributed by atoms with E-state index in [0.29, 0.717) is 4.88 Å². The zero-order valence-corrected chi connectivity index (χ0v) is 11.2. The van der Waals surface area contributed by atoms with Crippen LogP contribution in [0.2, 0.25) is 0 Å². The Bertz CT molecular complexity index is 684. The zero-order valence-electron chi connectivity index (χ0n) is 9.54. The smallest absolute Gasteiger partial charge is 0.274 e. The zero-order chi connectivity index (χ0) is 13.9. The Morgan fingerprint density at radius 1 is 1.37 bits per heavy atom. The summed E-state index contributed by atoms with van der Waals surface area (Å²) in [4.78, 5) is 15.7. The number of sulfonamides is 1. The molecule has 0 aliphatic carbocycles. The molecule has 8 heteroatoms. The Hall–Kier alpha value is -1.80. The van der Waals surface area contributed by atoms with E-state index in [1.807, 2.05) is 0 Å². The van der Waals surface area contributed by atoms with Gasteiger partial charge in [0, 0.05) is 11.1 Å². The predicted octanol–water partition coefficient (Wildman–Crippen LogP) is 1.33. The Kier molecular flexibility index (Phi) is 3.91. The predicted molar refractivity (Wildman–Crippen MR) is 67.5 cm³/mol. The van der Waals surface area contributed by atoms with Gasteiger partial charge in [-0.2, -0.15) is 8.42 Å². The van der Waals surface area contributed by atoms with Crippen LogP contribution in [0.4, 0.5) is 4.39 Å². The van der Waals surface area contributed by atoms with Crippen molar-refractivity contribution in [2.75, 3.05) is 0 Å². The van der Waals surface area contributed by atoms with Gasteiger partial charge in [-0.3, -0.25) is 4.79 Å². The number of nitrogens with zero attached hydrogens (tertiary/aromatic N) is 1. The minimum absolute atomic E-state index is 0.0780. The molecular formula is C11H9FN2O3S2. The highest BCUT2D eigenvalue weighted by molar-refractivity contribution is 7.90. The second-order valence-corrected chi connectivity index (χ2v) is 6.21. The van der Waals surface area contributed by atoms with Crippen LogP contribution in [0.3, 0.4) is 0 Å². The lowest BCUT2D eigenvalue weighted by Crippen LogP contribution is -2.32. The van der Waals surface area contributed by atoms with E-state index in [1.54, 1.807) is 22.2 Å². The second kappa shape index (κ2) is 5.45. The Balaban J connectivity index is 2.14. The molecule has 0 spiro atoms. The normalized spacial score (nSPS) is 11.2. The van der Waals surface area contributed by atoms with Crippen molar-refractivity contribution < 1.29 is 17.6 Å². The van der Waals surface area contributed by atoms with Gasteiger partial charge in [0.2, 0.25) is 10.9 Å². The van der Waals surface area contributed by atoms with Gasteiger partial charge in [-0.1, -0.05) is 6.07 Å². The number of halogens is 1. The van der Waals surface area contributed by atoms with Crippen molar-refractivity contribution in [1.82, 2.24) is 9.71 Å². The number of pyridine rings is 1. The molecule has 1 amide bonds. The summed E-state index contributed by atoms with van der Waals surface area (Å²) in [5, 5.41) is 0.991. The molecule has 0 unspecified atom stereocenters. The molecule has 2 aromatic heterocycles. The third kappa shape index (κ3) is 3.36. The van der Waals surface area contributed by atoms with Crippen LogP contribution in [0.5, 0.6) is 0 Å². The first-order chi connectivity index (χ1) is 8.99. The van der Waals surface area contributed by atoms with Crippen molar-refractivity contribution in [2.45, 2.75) is 11.4 Å². The van der Waals surface area contributed by atoms with Crippen LogP contribution < -0.4 is 4.72 Å². The number of hydrogen-bond acceptors (Lipinski definition) is 5. The fraction of sp³-hybridized carbons (Fsp3) is 0.0909. The number of amides is 1. The summed E-state index contributed by atoms with van der Waals surface area (Å²) in [7, 11) is -4.27. The summed E-state index contributed by atoms with van der Waals surface area (Å²) in [5.74, 6) is -1.73. The lowest BCUT2D eigenvalue weighted by atomic mass is 10.3. The van der Waals surface area contributed by atoms with Crippen molar-refractivity contribution in [3.05, 3.63) is 46.5 Å². The molecule has 0 radical (unpaired) electrons. The van der Waals surface area contributed by atoms with Gasteiger partial charge in [-0.15, -0.1) is 11.3 Å². The van der Waals surface area contributed by atoms with Gasteiger partial charge in [-0.05, 0) is 23.6 Å². The topological polar surface area (TPSA) is 76.1 Å². The first-order valence-corrected chi connectivity index (χ1v) is 7.54. The van der Waals surface area contributed by atoms with Crippen molar-refractivity contribution in [3.63, 3.8) is 0 Å². The molecular weight excluding hydrogens is 291 g/mol. The number of thiophene rings is 1. The van der Waals surface area contributed by atoms with E-state index in [0.717, 1.165) is 12.3 Å². The van der Waals surface area contributed by atoms with Crippen LogP contribution in [0.1, 0.15) is 4.88 Å². The van der Waals surface area contributed by atoms with Gasteiger partial charge in [0.25, 0.3) is 10.0 Å². The number of rotatable bonds is 4. The molecule has 0 aliphatic rings. The maximum absolute atomic E-state index is 13.3. The maximum atomic E-state index is 13.3. The molecule has 100 valence electrons. The van der Waals surface area contributed by atoms with Crippen LogP contribution >= 0.6 is 11.3 Å². The summed E-state index contributed by atoms with van der Waals surface area (Å²) in [6.07, 6.45) is 1.06. The average molecular weight is 300 g/mol. The molecule has 0 aliphatic heterocycles. The van der Waals surface area contributed by atoms with E-state index in [2.05, 4.69) is 4.98 Å². The highest BCUT2D eigenvalue weighted by atomic mass is 32.2. The number of hydrogen-bond donors (Lipinski definition) is 1. The van der Waals surface area contributed by atoms with Gasteiger partial charge in [0.05, 0.1) is 6.42 Å². The van der Waals surface area contributed by atoms with Crippen molar-refractivity contribution in [3.8, 4) is 0 Å². The summed E-state index contributed by atoms with van der Waals surface area (Å²) >= 11 is 1.33. The van der Waals surface area contributed by atoms with Crippen molar-refractivity contribution in [2.24, 2.45) is 0 Å². The lowest BCUT2D eigenvalue weighted by molar-refractivity contribution is -0.118. The molecule has 0 aromatic carbocycles. The molecule has 2 rings (SSSR count). The van der Waals surface area contributed by atoms with E-state index in [9.17, 15) is 17.6 Å². The van der Waals surface area contributed by atoms with Crippen molar-refractivity contribution >= 4 is 27.3 Å². The third-order valence-corrected chi connectivity index (χ3v) is 4.32. The van der Waals surface area contributed by atoms with Crippen LogP contribution in [0, 0.1) is 5.82 Å². The number of aromatic nitrogens is 1. The average Bonchev–Trinajstić information content (AvgIpc) is 2.81. The number of carbonyl (C=O) groups excluding carboxylic acids is 1. The molecule has 0 fully saturated rings. The third-order valence-electron chi connectivity index (χ3n) is 2.14. The van der Waals surface area contributed by atoms with Gasteiger partial charge in [-0.25, -0.2) is 14.1 Å². The van der Waals surface area contributed by atoms with E-state index in [-0.39, 0.29) is 6.42 Å². The molecule has 0 atom stereocenters. The fourth-order valence-electron chi connectivity index (χ4n) is 1.37. The Morgan fingerprint density at radius 2 is 2.16 bits per heavy atom. The molecule has 0 saturated carbocycles. The van der Waals surface area contributed by atoms with Gasteiger partial charge in [0.15, 0.2) is 5.82 Å². The van der Waals surface area contributed by atoms with Crippen LogP contribution in [-0.4, -0.2) is 19.3 Å². The van der Waals surface area contributed by atoms with E-state index in [1.165, 1.54) is 17.4 Å². The maximum Gasteiger partial charge on any atom is 0.284 e. The first-order valence-electron chi connectivity index (χ1n) is 5.17. The Morgan fingerprint density at radius 3 is 2.79 bits per heavy atom. The Labute approximate surface area is 113 Å². The van der Waals surface area contributed by atoms with Crippen LogP contribution in [0.15, 0.2) is 40.9 Å². The summed E-state index contributed by atoms with van der Waals surface area (Å²) in [5.41, 5.74) is 0. The summed E-state index contributed by atoms with van der Waals surface area (Å²) in [6.45, 7) is 0. The van der Waals surface area contributed by atoms with Crippen LogP contribution in [-0.2, 0) is 21.2 Å². The molecule has 2 aromatic rings. The van der Waals surface area contributed by atoms with Crippen molar-refractivity contribution in [1.29, 1.82) is 0 Å². The standard InChI is InChI=1S/C11H9FN2O3S2/c12-9-4-1-5-13-11(9)19(16,17)14-10(15)7-8-3-2-6-18-8/h1-6H,7H2,(H,14,15). The summed E-state index contributed by atoms with van der Waals surface area (Å²) < 4.78 is 38.6. The highest BCUT2D eigenvalue weighted by Crippen LogP contribution is 2.12.